The van der Waals surface area contributed by atoms with Gasteiger partial charge in [0.15, 0.2) is 0 Å². The SMILES string of the molecule is NC(=O)C1CCN(S(=O)(=O)c2ccc(Cl)c(N)c2Cl)C1. The Hall–Kier alpha value is -1.02. The Morgan fingerprint density at radius 2 is 2.00 bits per heavy atom. The quantitative estimate of drug-likeness (QED) is 0.804. The molecule has 9 heteroatoms. The van der Waals surface area contributed by atoms with Crippen molar-refractivity contribution in [3.8, 4) is 0 Å². The number of halogens is 2. The number of amides is 1. The second-order valence-corrected chi connectivity index (χ2v) is 7.22. The summed E-state index contributed by atoms with van der Waals surface area (Å²) in [4.78, 5) is 11.0. The maximum atomic E-state index is 12.5. The third kappa shape index (κ3) is 2.58. The monoisotopic (exact) mass is 337 g/mol. The number of hydrogen-bond donors (Lipinski definition) is 2. The largest absolute Gasteiger partial charge is 0.396 e. The van der Waals surface area contributed by atoms with Gasteiger partial charge in [0.1, 0.15) is 4.90 Å². The molecule has 1 aromatic carbocycles. The minimum atomic E-state index is -3.82. The molecule has 0 aliphatic carbocycles. The number of hydrogen-bond acceptors (Lipinski definition) is 4. The zero-order valence-corrected chi connectivity index (χ0v) is 12.7. The van der Waals surface area contributed by atoms with Crippen molar-refractivity contribution < 1.29 is 13.2 Å². The third-order valence-corrected chi connectivity index (χ3v) is 6.02. The molecular formula is C11H13Cl2N3O3S. The predicted octanol–water partition coefficient (Wildman–Crippen LogP) is 1.07. The lowest BCUT2D eigenvalue weighted by Crippen LogP contribution is -2.32. The fraction of sp³-hybridized carbons (Fsp3) is 0.364. The molecule has 1 aromatic rings. The minimum Gasteiger partial charge on any atom is -0.396 e. The molecule has 20 heavy (non-hydrogen) atoms. The van der Waals surface area contributed by atoms with Gasteiger partial charge in [-0.25, -0.2) is 8.42 Å². The number of carbonyl (C=O) groups excluding carboxylic acids is 1. The van der Waals surface area contributed by atoms with E-state index in [1.807, 2.05) is 0 Å². The number of nitrogen functional groups attached to an aromatic ring is 1. The van der Waals surface area contributed by atoms with Gasteiger partial charge in [0.25, 0.3) is 0 Å². The fourth-order valence-corrected chi connectivity index (χ4v) is 4.31. The first-order valence-corrected chi connectivity index (χ1v) is 7.97. The Morgan fingerprint density at radius 3 is 2.55 bits per heavy atom. The van der Waals surface area contributed by atoms with Crippen LogP contribution in [-0.4, -0.2) is 31.7 Å². The topological polar surface area (TPSA) is 106 Å². The lowest BCUT2D eigenvalue weighted by atomic mass is 10.1. The van der Waals surface area contributed by atoms with Crippen LogP contribution in [0.25, 0.3) is 0 Å². The first kappa shape index (κ1) is 15.4. The summed E-state index contributed by atoms with van der Waals surface area (Å²) in [5.41, 5.74) is 10.8. The van der Waals surface area contributed by atoms with Crippen molar-refractivity contribution in [2.24, 2.45) is 11.7 Å². The summed E-state index contributed by atoms with van der Waals surface area (Å²) in [5, 5.41) is 0.0745. The van der Waals surface area contributed by atoms with Crippen molar-refractivity contribution in [1.29, 1.82) is 0 Å². The van der Waals surface area contributed by atoms with Crippen LogP contribution in [0.4, 0.5) is 5.69 Å². The van der Waals surface area contributed by atoms with E-state index in [0.29, 0.717) is 6.42 Å². The highest BCUT2D eigenvalue weighted by atomic mass is 35.5. The van der Waals surface area contributed by atoms with Crippen LogP contribution in [0.1, 0.15) is 6.42 Å². The molecule has 0 bridgehead atoms. The molecule has 0 radical (unpaired) electrons. The summed E-state index contributed by atoms with van der Waals surface area (Å²) in [6, 6.07) is 2.67. The second kappa shape index (κ2) is 5.40. The van der Waals surface area contributed by atoms with E-state index in [4.69, 9.17) is 34.7 Å². The van der Waals surface area contributed by atoms with E-state index in [1.54, 1.807) is 0 Å². The van der Waals surface area contributed by atoms with Crippen LogP contribution in [0.5, 0.6) is 0 Å². The molecule has 1 amide bonds. The summed E-state index contributed by atoms with van der Waals surface area (Å²) in [7, 11) is -3.82. The highest BCUT2D eigenvalue weighted by Gasteiger charge is 2.36. The Labute approximate surface area is 126 Å². The van der Waals surface area contributed by atoms with E-state index in [2.05, 4.69) is 0 Å². The second-order valence-electron chi connectivity index (χ2n) is 4.52. The summed E-state index contributed by atoms with van der Waals surface area (Å²) in [6.45, 7) is 0.269. The number of primary amides is 1. The number of rotatable bonds is 3. The molecule has 110 valence electrons. The standard InChI is InChI=1S/C11H13Cl2N3O3S/c12-7-1-2-8(9(13)10(7)14)20(18,19)16-4-3-6(5-16)11(15)17/h1-2,6H,3-5,14H2,(H2,15,17). The van der Waals surface area contributed by atoms with E-state index in [1.165, 1.54) is 16.4 Å². The normalized spacial score (nSPS) is 20.2. The van der Waals surface area contributed by atoms with Crippen molar-refractivity contribution in [2.45, 2.75) is 11.3 Å². The molecule has 1 fully saturated rings. The molecule has 1 heterocycles. The van der Waals surface area contributed by atoms with Crippen LogP contribution >= 0.6 is 23.2 Å². The molecule has 0 saturated carbocycles. The Kier molecular flexibility index (Phi) is 4.15. The number of nitrogens with two attached hydrogens (primary N) is 2. The fourth-order valence-electron chi connectivity index (χ4n) is 2.07. The zero-order chi connectivity index (χ0) is 15.1. The maximum absolute atomic E-state index is 12.5. The van der Waals surface area contributed by atoms with E-state index in [-0.39, 0.29) is 33.7 Å². The van der Waals surface area contributed by atoms with Crippen molar-refractivity contribution in [3.05, 3.63) is 22.2 Å². The van der Waals surface area contributed by atoms with Crippen molar-refractivity contribution in [1.82, 2.24) is 4.31 Å². The summed E-state index contributed by atoms with van der Waals surface area (Å²) < 4.78 is 26.1. The molecule has 1 aliphatic heterocycles. The molecular weight excluding hydrogens is 325 g/mol. The van der Waals surface area contributed by atoms with Crippen molar-refractivity contribution >= 4 is 44.8 Å². The Balaban J connectivity index is 2.38. The molecule has 4 N–H and O–H groups in total. The highest BCUT2D eigenvalue weighted by Crippen LogP contribution is 2.35. The molecule has 0 spiro atoms. The zero-order valence-electron chi connectivity index (χ0n) is 10.3. The molecule has 1 aliphatic rings. The number of carbonyl (C=O) groups is 1. The van der Waals surface area contributed by atoms with Crippen molar-refractivity contribution in [3.63, 3.8) is 0 Å². The lowest BCUT2D eigenvalue weighted by molar-refractivity contribution is -0.121. The van der Waals surface area contributed by atoms with Gasteiger partial charge in [-0.2, -0.15) is 4.31 Å². The van der Waals surface area contributed by atoms with Gasteiger partial charge in [-0.05, 0) is 18.6 Å². The van der Waals surface area contributed by atoms with Crippen LogP contribution in [0, 0.1) is 5.92 Å². The number of benzene rings is 1. The molecule has 1 atom stereocenters. The Morgan fingerprint density at radius 1 is 1.35 bits per heavy atom. The van der Waals surface area contributed by atoms with Crippen LogP contribution < -0.4 is 11.5 Å². The van der Waals surface area contributed by atoms with Gasteiger partial charge >= 0.3 is 0 Å². The van der Waals surface area contributed by atoms with E-state index in [9.17, 15) is 13.2 Å². The van der Waals surface area contributed by atoms with Crippen LogP contribution in [0.3, 0.4) is 0 Å². The van der Waals surface area contributed by atoms with E-state index < -0.39 is 21.8 Å². The summed E-state index contributed by atoms with van der Waals surface area (Å²) in [6.07, 6.45) is 0.398. The van der Waals surface area contributed by atoms with Gasteiger partial charge in [-0.3, -0.25) is 4.79 Å². The van der Waals surface area contributed by atoms with E-state index >= 15 is 0 Å². The predicted molar refractivity (Wildman–Crippen MR) is 76.9 cm³/mol. The molecule has 1 unspecified atom stereocenters. The molecule has 0 aromatic heterocycles. The summed E-state index contributed by atoms with van der Waals surface area (Å²) in [5.74, 6) is -0.988. The first-order valence-electron chi connectivity index (χ1n) is 5.78. The van der Waals surface area contributed by atoms with Gasteiger partial charge in [0.05, 0.1) is 21.7 Å². The lowest BCUT2D eigenvalue weighted by Gasteiger charge is -2.18. The number of sulfonamides is 1. The van der Waals surface area contributed by atoms with Gasteiger partial charge in [-0.1, -0.05) is 23.2 Å². The van der Waals surface area contributed by atoms with Crippen LogP contribution in [-0.2, 0) is 14.8 Å². The highest BCUT2D eigenvalue weighted by molar-refractivity contribution is 7.89. The minimum absolute atomic E-state index is 0.0139. The summed E-state index contributed by atoms with van der Waals surface area (Å²) >= 11 is 11.7. The van der Waals surface area contributed by atoms with Crippen molar-refractivity contribution in [2.75, 3.05) is 18.8 Å². The van der Waals surface area contributed by atoms with Gasteiger partial charge in [-0.15, -0.1) is 0 Å². The average Bonchev–Trinajstić information content (AvgIpc) is 2.86. The Bertz CT molecular complexity index is 663. The van der Waals surface area contributed by atoms with Gasteiger partial charge in [0.2, 0.25) is 15.9 Å². The van der Waals surface area contributed by atoms with E-state index in [0.717, 1.165) is 0 Å². The molecule has 1 saturated heterocycles. The van der Waals surface area contributed by atoms with Crippen LogP contribution in [0.15, 0.2) is 17.0 Å². The van der Waals surface area contributed by atoms with Crippen LogP contribution in [0.2, 0.25) is 10.0 Å². The molecule has 2 rings (SSSR count). The first-order chi connectivity index (χ1) is 9.25. The molecule has 6 nitrogen and oxygen atoms in total. The number of nitrogens with zero attached hydrogens (tertiary/aromatic N) is 1. The smallest absolute Gasteiger partial charge is 0.244 e. The van der Waals surface area contributed by atoms with Gasteiger partial charge < -0.3 is 11.5 Å². The third-order valence-electron chi connectivity index (χ3n) is 3.26. The van der Waals surface area contributed by atoms with Gasteiger partial charge in [0, 0.05) is 13.1 Å². The maximum Gasteiger partial charge on any atom is 0.244 e. The average molecular weight is 338 g/mol. The number of anilines is 1.